The fourth-order valence-corrected chi connectivity index (χ4v) is 2.45. The van der Waals surface area contributed by atoms with Crippen LogP contribution < -0.4 is 14.8 Å². The molecule has 0 saturated heterocycles. The molecule has 0 saturated carbocycles. The molecule has 0 heterocycles. The molecule has 0 spiro atoms. The van der Waals surface area contributed by atoms with Crippen LogP contribution in [0.3, 0.4) is 0 Å². The van der Waals surface area contributed by atoms with Crippen LogP contribution >= 0.6 is 0 Å². The molecule has 1 N–H and O–H groups in total. The summed E-state index contributed by atoms with van der Waals surface area (Å²) in [6.07, 6.45) is 1.83. The zero-order valence-electron chi connectivity index (χ0n) is 14.5. The second-order valence-corrected chi connectivity index (χ2v) is 5.94. The van der Waals surface area contributed by atoms with Gasteiger partial charge in [-0.05, 0) is 49.9 Å². The fourth-order valence-electron chi connectivity index (χ4n) is 2.45. The molecule has 0 aromatic heterocycles. The molecule has 0 aliphatic rings. The van der Waals surface area contributed by atoms with Gasteiger partial charge in [0.2, 0.25) is 0 Å². The zero-order valence-corrected chi connectivity index (χ0v) is 14.5. The van der Waals surface area contributed by atoms with Gasteiger partial charge in [0.1, 0.15) is 0 Å². The van der Waals surface area contributed by atoms with Gasteiger partial charge in [-0.3, -0.25) is 4.79 Å². The van der Waals surface area contributed by atoms with E-state index >= 15 is 0 Å². The number of carbonyl (C=O) groups excluding carboxylic acids is 1. The molecule has 2 aromatic rings. The van der Waals surface area contributed by atoms with E-state index in [0.29, 0.717) is 11.5 Å². The number of nitrogens with one attached hydrogen (secondary N) is 1. The first kappa shape index (κ1) is 17.9. The normalized spacial score (nSPS) is 11.6. The van der Waals surface area contributed by atoms with E-state index in [0.717, 1.165) is 18.4 Å². The Balaban J connectivity index is 1.76. The predicted molar refractivity (Wildman–Crippen MR) is 95.6 cm³/mol. The zero-order chi connectivity index (χ0) is 17.4. The van der Waals surface area contributed by atoms with Gasteiger partial charge in [-0.15, -0.1) is 0 Å². The minimum Gasteiger partial charge on any atom is -0.493 e. The molecule has 4 nitrogen and oxygen atoms in total. The van der Waals surface area contributed by atoms with Crippen LogP contribution in [0.4, 0.5) is 0 Å². The van der Waals surface area contributed by atoms with E-state index in [-0.39, 0.29) is 18.6 Å². The molecule has 1 atom stereocenters. The molecular weight excluding hydrogens is 302 g/mol. The van der Waals surface area contributed by atoms with Crippen LogP contribution in [0, 0.1) is 6.92 Å². The maximum atomic E-state index is 12.0. The molecule has 128 valence electrons. The van der Waals surface area contributed by atoms with Crippen molar-refractivity contribution >= 4 is 5.91 Å². The van der Waals surface area contributed by atoms with E-state index in [2.05, 4.69) is 17.4 Å². The number of methoxy groups -OCH3 is 1. The highest BCUT2D eigenvalue weighted by Gasteiger charge is 2.10. The van der Waals surface area contributed by atoms with Crippen molar-refractivity contribution in [2.45, 2.75) is 32.7 Å². The first-order valence-corrected chi connectivity index (χ1v) is 8.19. The highest BCUT2D eigenvalue weighted by molar-refractivity contribution is 5.77. The summed E-state index contributed by atoms with van der Waals surface area (Å²) in [7, 11) is 1.59. The van der Waals surface area contributed by atoms with Crippen molar-refractivity contribution < 1.29 is 14.3 Å². The first-order chi connectivity index (χ1) is 11.6. The summed E-state index contributed by atoms with van der Waals surface area (Å²) in [6, 6.07) is 16.0. The average Bonchev–Trinajstić information content (AvgIpc) is 2.59. The molecule has 0 aliphatic heterocycles. The van der Waals surface area contributed by atoms with Gasteiger partial charge in [-0.2, -0.15) is 0 Å². The third kappa shape index (κ3) is 5.61. The van der Waals surface area contributed by atoms with Gasteiger partial charge >= 0.3 is 0 Å². The van der Waals surface area contributed by atoms with E-state index in [1.54, 1.807) is 7.11 Å². The number of hydrogen-bond donors (Lipinski definition) is 1. The summed E-state index contributed by atoms with van der Waals surface area (Å²) in [5.74, 6) is 1.09. The SMILES string of the molecule is COc1cc(C)ccc1OCC(=O)N[C@H](C)CCc1ccccc1. The summed E-state index contributed by atoms with van der Waals surface area (Å²) < 4.78 is 10.8. The molecule has 24 heavy (non-hydrogen) atoms. The van der Waals surface area contributed by atoms with Crippen molar-refractivity contribution in [1.29, 1.82) is 0 Å². The molecule has 0 fully saturated rings. The number of ether oxygens (including phenoxy) is 2. The molecule has 0 unspecified atom stereocenters. The number of hydrogen-bond acceptors (Lipinski definition) is 3. The third-order valence-electron chi connectivity index (χ3n) is 3.79. The summed E-state index contributed by atoms with van der Waals surface area (Å²) >= 11 is 0. The monoisotopic (exact) mass is 327 g/mol. The van der Waals surface area contributed by atoms with Gasteiger partial charge in [0.15, 0.2) is 18.1 Å². The van der Waals surface area contributed by atoms with Crippen LogP contribution in [0.5, 0.6) is 11.5 Å². The quantitative estimate of drug-likeness (QED) is 0.807. The molecule has 0 bridgehead atoms. The van der Waals surface area contributed by atoms with Crippen molar-refractivity contribution in [3.05, 3.63) is 59.7 Å². The highest BCUT2D eigenvalue weighted by atomic mass is 16.5. The standard InChI is InChI=1S/C20H25NO3/c1-15-9-12-18(19(13-15)23-3)24-14-20(22)21-16(2)10-11-17-7-5-4-6-8-17/h4-9,12-13,16H,10-11,14H2,1-3H3,(H,21,22)/t16-/m1/s1. The van der Waals surface area contributed by atoms with Crippen molar-refractivity contribution in [3.8, 4) is 11.5 Å². The van der Waals surface area contributed by atoms with Crippen molar-refractivity contribution in [1.82, 2.24) is 5.32 Å². The second-order valence-electron chi connectivity index (χ2n) is 5.94. The van der Waals surface area contributed by atoms with Crippen LogP contribution in [-0.2, 0) is 11.2 Å². The highest BCUT2D eigenvalue weighted by Crippen LogP contribution is 2.27. The Morgan fingerprint density at radius 3 is 2.58 bits per heavy atom. The molecule has 1 amide bonds. The fraction of sp³-hybridized carbons (Fsp3) is 0.350. The second kappa shape index (κ2) is 8.96. The van der Waals surface area contributed by atoms with E-state index in [9.17, 15) is 4.79 Å². The van der Waals surface area contributed by atoms with Gasteiger partial charge < -0.3 is 14.8 Å². The maximum Gasteiger partial charge on any atom is 0.258 e. The summed E-state index contributed by atoms with van der Waals surface area (Å²) in [6.45, 7) is 3.97. The molecule has 0 radical (unpaired) electrons. The average molecular weight is 327 g/mol. The van der Waals surface area contributed by atoms with Gasteiger partial charge in [0.05, 0.1) is 7.11 Å². The summed E-state index contributed by atoms with van der Waals surface area (Å²) in [5.41, 5.74) is 2.36. The summed E-state index contributed by atoms with van der Waals surface area (Å²) in [4.78, 5) is 12.0. The molecular formula is C20H25NO3. The van der Waals surface area contributed by atoms with Gasteiger partial charge in [0.25, 0.3) is 5.91 Å². The number of amides is 1. The van der Waals surface area contributed by atoms with Gasteiger partial charge in [-0.1, -0.05) is 36.4 Å². The lowest BCUT2D eigenvalue weighted by Gasteiger charge is -2.15. The van der Waals surface area contributed by atoms with Crippen molar-refractivity contribution in [2.75, 3.05) is 13.7 Å². The van der Waals surface area contributed by atoms with Crippen LogP contribution in [-0.4, -0.2) is 25.7 Å². The Labute approximate surface area is 143 Å². The van der Waals surface area contributed by atoms with Gasteiger partial charge in [0, 0.05) is 6.04 Å². The topological polar surface area (TPSA) is 47.6 Å². The van der Waals surface area contributed by atoms with E-state index in [1.165, 1.54) is 5.56 Å². The lowest BCUT2D eigenvalue weighted by Crippen LogP contribution is -2.36. The molecule has 2 aromatic carbocycles. The first-order valence-electron chi connectivity index (χ1n) is 8.19. The van der Waals surface area contributed by atoms with Crippen LogP contribution in [0.15, 0.2) is 48.5 Å². The largest absolute Gasteiger partial charge is 0.493 e. The number of benzene rings is 2. The van der Waals surface area contributed by atoms with Crippen molar-refractivity contribution in [2.24, 2.45) is 0 Å². The third-order valence-corrected chi connectivity index (χ3v) is 3.79. The molecule has 0 aliphatic carbocycles. The Morgan fingerprint density at radius 1 is 1.12 bits per heavy atom. The Kier molecular flexibility index (Phi) is 6.67. The number of aryl methyl sites for hydroxylation is 2. The number of rotatable bonds is 8. The minimum absolute atomic E-state index is 0.0188. The van der Waals surface area contributed by atoms with Gasteiger partial charge in [-0.25, -0.2) is 0 Å². The lowest BCUT2D eigenvalue weighted by molar-refractivity contribution is -0.123. The van der Waals surface area contributed by atoms with E-state index in [1.807, 2.05) is 50.2 Å². The molecule has 2 rings (SSSR count). The van der Waals surface area contributed by atoms with Crippen LogP contribution in [0.1, 0.15) is 24.5 Å². The summed E-state index contributed by atoms with van der Waals surface area (Å²) in [5, 5.41) is 2.96. The lowest BCUT2D eigenvalue weighted by atomic mass is 10.1. The Bertz CT molecular complexity index is 655. The Morgan fingerprint density at radius 2 is 1.88 bits per heavy atom. The predicted octanol–water partition coefficient (Wildman–Crippen LogP) is 3.52. The van der Waals surface area contributed by atoms with E-state index in [4.69, 9.17) is 9.47 Å². The van der Waals surface area contributed by atoms with Crippen LogP contribution in [0.2, 0.25) is 0 Å². The van der Waals surface area contributed by atoms with E-state index < -0.39 is 0 Å². The Hall–Kier alpha value is -2.49. The van der Waals surface area contributed by atoms with Crippen molar-refractivity contribution in [3.63, 3.8) is 0 Å². The number of carbonyl (C=O) groups is 1. The minimum atomic E-state index is -0.127. The van der Waals surface area contributed by atoms with Crippen LogP contribution in [0.25, 0.3) is 0 Å². The molecule has 4 heteroatoms. The maximum absolute atomic E-state index is 12.0. The smallest absolute Gasteiger partial charge is 0.258 e.